The average Bonchev–Trinajstić information content (AvgIpc) is 2.78. The van der Waals surface area contributed by atoms with Crippen LogP contribution in [0.5, 0.6) is 0 Å². The van der Waals surface area contributed by atoms with Gasteiger partial charge in [-0.2, -0.15) is 0 Å². The van der Waals surface area contributed by atoms with Gasteiger partial charge in [-0.3, -0.25) is 9.59 Å². The number of amides is 3. The van der Waals surface area contributed by atoms with Crippen LogP contribution in [0.1, 0.15) is 75.3 Å². The SMILES string of the molecule is C=Cc1cccc(C(C(=O)Nc2c(C)cccc2C)N(C(=O)C(C)NC(=O)OC(C)(C)C)C2CCC2)c1. The van der Waals surface area contributed by atoms with Gasteiger partial charge in [0.2, 0.25) is 5.91 Å². The van der Waals surface area contributed by atoms with Crippen molar-refractivity contribution in [2.75, 3.05) is 5.32 Å². The smallest absolute Gasteiger partial charge is 0.408 e. The number of benzene rings is 2. The lowest BCUT2D eigenvalue weighted by Crippen LogP contribution is -2.56. The fourth-order valence-corrected chi connectivity index (χ4v) is 4.45. The summed E-state index contributed by atoms with van der Waals surface area (Å²) in [7, 11) is 0. The predicted octanol–water partition coefficient (Wildman–Crippen LogP) is 5.92. The van der Waals surface area contributed by atoms with Crippen LogP contribution in [0.15, 0.2) is 49.0 Å². The second-order valence-corrected chi connectivity index (χ2v) is 10.7. The first-order valence-electron chi connectivity index (χ1n) is 12.8. The van der Waals surface area contributed by atoms with Gasteiger partial charge in [-0.05, 0) is 89.1 Å². The van der Waals surface area contributed by atoms with Gasteiger partial charge < -0.3 is 20.3 Å². The molecule has 0 aliphatic heterocycles. The predicted molar refractivity (Wildman–Crippen MR) is 147 cm³/mol. The van der Waals surface area contributed by atoms with E-state index >= 15 is 0 Å². The minimum absolute atomic E-state index is 0.114. The maximum absolute atomic E-state index is 14.0. The standard InChI is InChI=1S/C30H39N3O4/c1-8-22-14-10-15-23(18-22)26(27(34)32-25-19(2)12-9-13-20(25)3)33(24-16-11-17-24)28(35)21(4)31-29(36)37-30(5,6)7/h8-10,12-15,18,21,24,26H,1,11,16-17H2,2-7H3,(H,31,36)(H,32,34). The summed E-state index contributed by atoms with van der Waals surface area (Å²) in [6.45, 7) is 14.7. The first-order valence-corrected chi connectivity index (χ1v) is 12.8. The molecule has 7 heteroatoms. The van der Waals surface area contributed by atoms with Gasteiger partial charge in [-0.25, -0.2) is 4.79 Å². The summed E-state index contributed by atoms with van der Waals surface area (Å²) in [5.74, 6) is -0.635. The van der Waals surface area contributed by atoms with E-state index in [1.807, 2.05) is 56.3 Å². The summed E-state index contributed by atoms with van der Waals surface area (Å²) in [6, 6.07) is 11.4. The summed E-state index contributed by atoms with van der Waals surface area (Å²) in [4.78, 5) is 42.0. The van der Waals surface area contributed by atoms with E-state index in [1.54, 1.807) is 38.7 Å². The van der Waals surface area contributed by atoms with Crippen molar-refractivity contribution in [2.24, 2.45) is 0 Å². The van der Waals surface area contributed by atoms with Gasteiger partial charge in [0.05, 0.1) is 0 Å². The van der Waals surface area contributed by atoms with Crippen molar-refractivity contribution in [3.05, 3.63) is 71.3 Å². The molecule has 3 rings (SSSR count). The Labute approximate surface area is 220 Å². The second kappa shape index (κ2) is 11.6. The number of anilines is 1. The van der Waals surface area contributed by atoms with Crippen molar-refractivity contribution < 1.29 is 19.1 Å². The number of alkyl carbamates (subject to hydrolysis) is 1. The molecule has 0 radical (unpaired) electrons. The molecule has 3 amide bonds. The molecule has 1 fully saturated rings. The van der Waals surface area contributed by atoms with E-state index in [9.17, 15) is 14.4 Å². The van der Waals surface area contributed by atoms with E-state index in [2.05, 4.69) is 17.2 Å². The summed E-state index contributed by atoms with van der Waals surface area (Å²) >= 11 is 0. The number of nitrogens with zero attached hydrogens (tertiary/aromatic N) is 1. The molecule has 1 saturated carbocycles. The third-order valence-corrected chi connectivity index (χ3v) is 6.54. The molecule has 1 aliphatic rings. The lowest BCUT2D eigenvalue weighted by atomic mass is 9.88. The molecule has 37 heavy (non-hydrogen) atoms. The second-order valence-electron chi connectivity index (χ2n) is 10.7. The number of para-hydroxylation sites is 1. The lowest BCUT2D eigenvalue weighted by molar-refractivity contribution is -0.145. The third kappa shape index (κ3) is 7.00. The Morgan fingerprint density at radius 3 is 2.24 bits per heavy atom. The van der Waals surface area contributed by atoms with E-state index in [1.165, 1.54) is 0 Å². The summed E-state index contributed by atoms with van der Waals surface area (Å²) in [5, 5.41) is 5.75. The molecule has 2 aromatic rings. The molecule has 0 bridgehead atoms. The highest BCUT2D eigenvalue weighted by Gasteiger charge is 2.41. The molecule has 2 unspecified atom stereocenters. The number of hydrogen-bond acceptors (Lipinski definition) is 4. The number of carbonyl (C=O) groups excluding carboxylic acids is 3. The number of ether oxygens (including phenoxy) is 1. The molecule has 198 valence electrons. The number of hydrogen-bond donors (Lipinski definition) is 2. The van der Waals surface area contributed by atoms with E-state index in [0.29, 0.717) is 5.56 Å². The van der Waals surface area contributed by atoms with E-state index < -0.39 is 23.8 Å². The number of nitrogens with one attached hydrogen (secondary N) is 2. The molecular weight excluding hydrogens is 466 g/mol. The zero-order valence-corrected chi connectivity index (χ0v) is 22.8. The highest BCUT2D eigenvalue weighted by atomic mass is 16.6. The van der Waals surface area contributed by atoms with Crippen LogP contribution in [0.3, 0.4) is 0 Å². The van der Waals surface area contributed by atoms with Gasteiger partial charge in [-0.1, -0.05) is 49.1 Å². The summed E-state index contributed by atoms with van der Waals surface area (Å²) in [6.07, 6.45) is 3.59. The topological polar surface area (TPSA) is 87.7 Å². The Morgan fingerprint density at radius 1 is 1.08 bits per heavy atom. The first kappa shape index (κ1) is 28.0. The first-order chi connectivity index (χ1) is 17.4. The fourth-order valence-electron chi connectivity index (χ4n) is 4.45. The van der Waals surface area contributed by atoms with Crippen LogP contribution in [0.25, 0.3) is 6.08 Å². The summed E-state index contributed by atoms with van der Waals surface area (Å²) < 4.78 is 5.36. The minimum Gasteiger partial charge on any atom is -0.444 e. The largest absolute Gasteiger partial charge is 0.444 e. The highest BCUT2D eigenvalue weighted by molar-refractivity contribution is 6.00. The Bertz CT molecular complexity index is 1140. The van der Waals surface area contributed by atoms with Crippen molar-refractivity contribution in [1.29, 1.82) is 0 Å². The zero-order valence-electron chi connectivity index (χ0n) is 22.8. The van der Waals surface area contributed by atoms with Crippen LogP contribution in [-0.2, 0) is 14.3 Å². The summed E-state index contributed by atoms with van der Waals surface area (Å²) in [5.41, 5.74) is 3.45. The molecule has 2 aromatic carbocycles. The van der Waals surface area contributed by atoms with Crippen LogP contribution >= 0.6 is 0 Å². The van der Waals surface area contributed by atoms with E-state index in [0.717, 1.165) is 41.6 Å². The van der Waals surface area contributed by atoms with E-state index in [4.69, 9.17) is 4.74 Å². The maximum Gasteiger partial charge on any atom is 0.408 e. The molecule has 2 N–H and O–H groups in total. The van der Waals surface area contributed by atoms with Crippen molar-refractivity contribution >= 4 is 29.7 Å². The average molecular weight is 506 g/mol. The molecule has 2 atom stereocenters. The Morgan fingerprint density at radius 2 is 1.70 bits per heavy atom. The normalized spacial score (nSPS) is 15.1. The van der Waals surface area contributed by atoms with Gasteiger partial charge in [0.1, 0.15) is 17.7 Å². The maximum atomic E-state index is 14.0. The molecule has 0 spiro atoms. The highest BCUT2D eigenvalue weighted by Crippen LogP contribution is 2.35. The number of rotatable bonds is 8. The van der Waals surface area contributed by atoms with Gasteiger partial charge >= 0.3 is 6.09 Å². The minimum atomic E-state index is -0.889. The van der Waals surface area contributed by atoms with Crippen molar-refractivity contribution in [3.8, 4) is 0 Å². The van der Waals surface area contributed by atoms with Crippen LogP contribution < -0.4 is 10.6 Å². The fraction of sp³-hybridized carbons (Fsp3) is 0.433. The monoisotopic (exact) mass is 505 g/mol. The molecule has 7 nitrogen and oxygen atoms in total. The van der Waals surface area contributed by atoms with Crippen LogP contribution in [-0.4, -0.2) is 40.5 Å². The molecule has 0 heterocycles. The van der Waals surface area contributed by atoms with Crippen molar-refractivity contribution in [1.82, 2.24) is 10.2 Å². The number of aryl methyl sites for hydroxylation is 2. The Hall–Kier alpha value is -3.61. The Balaban J connectivity index is 2.01. The zero-order chi connectivity index (χ0) is 27.3. The van der Waals surface area contributed by atoms with Crippen LogP contribution in [0, 0.1) is 13.8 Å². The van der Waals surface area contributed by atoms with Crippen LogP contribution in [0.2, 0.25) is 0 Å². The number of carbonyl (C=O) groups is 3. The van der Waals surface area contributed by atoms with Crippen molar-refractivity contribution in [2.45, 2.75) is 84.5 Å². The van der Waals surface area contributed by atoms with Crippen molar-refractivity contribution in [3.63, 3.8) is 0 Å². The van der Waals surface area contributed by atoms with Crippen LogP contribution in [0.4, 0.5) is 10.5 Å². The Kier molecular flexibility index (Phi) is 8.79. The van der Waals surface area contributed by atoms with E-state index in [-0.39, 0.29) is 17.9 Å². The van der Waals surface area contributed by atoms with Gasteiger partial charge in [0.15, 0.2) is 0 Å². The van der Waals surface area contributed by atoms with Gasteiger partial charge in [-0.15, -0.1) is 0 Å². The quantitative estimate of drug-likeness (QED) is 0.466. The molecular formula is C30H39N3O4. The third-order valence-electron chi connectivity index (χ3n) is 6.54. The van der Waals surface area contributed by atoms with Gasteiger partial charge in [0.25, 0.3) is 5.91 Å². The molecule has 0 aromatic heterocycles. The molecule has 0 saturated heterocycles. The lowest BCUT2D eigenvalue weighted by Gasteiger charge is -2.43. The molecule has 1 aliphatic carbocycles. The van der Waals surface area contributed by atoms with Gasteiger partial charge in [0, 0.05) is 11.7 Å².